The molecule has 5 heteroatoms. The van der Waals surface area contributed by atoms with Gasteiger partial charge in [-0.2, -0.15) is 0 Å². The van der Waals surface area contributed by atoms with Crippen LogP contribution in [-0.2, 0) is 11.3 Å². The second-order valence-corrected chi connectivity index (χ2v) is 6.37. The van der Waals surface area contributed by atoms with Gasteiger partial charge in [-0.1, -0.05) is 35.8 Å². The third-order valence-electron chi connectivity index (χ3n) is 3.03. The lowest BCUT2D eigenvalue weighted by Crippen LogP contribution is -2.35. The van der Waals surface area contributed by atoms with E-state index in [1.165, 1.54) is 5.56 Å². The highest BCUT2D eigenvalue weighted by Gasteiger charge is 2.13. The van der Waals surface area contributed by atoms with Crippen LogP contribution in [0.5, 0.6) is 0 Å². The third kappa shape index (κ3) is 5.13. The average molecular weight is 342 g/mol. The smallest absolute Gasteiger partial charge is 0.241 e. The van der Waals surface area contributed by atoms with E-state index >= 15 is 0 Å². The van der Waals surface area contributed by atoms with Crippen LogP contribution in [0.3, 0.4) is 0 Å². The van der Waals surface area contributed by atoms with Gasteiger partial charge >= 0.3 is 0 Å². The molecular weight excluding hydrogens is 318 g/mol. The fraction of sp³-hybridized carbons (Fsp3) is 0.533. The van der Waals surface area contributed by atoms with E-state index in [1.807, 2.05) is 18.0 Å². The predicted octanol–water partition coefficient (Wildman–Crippen LogP) is 2.47. The van der Waals surface area contributed by atoms with Gasteiger partial charge in [-0.25, -0.2) is 0 Å². The first kappa shape index (κ1) is 17.0. The van der Waals surface area contributed by atoms with Crippen LogP contribution in [0.25, 0.3) is 0 Å². The summed E-state index contributed by atoms with van der Waals surface area (Å²) in [5.41, 5.74) is 2.26. The van der Waals surface area contributed by atoms with Gasteiger partial charge in [0.25, 0.3) is 0 Å². The zero-order valence-electron chi connectivity index (χ0n) is 12.9. The summed E-state index contributed by atoms with van der Waals surface area (Å²) in [4.78, 5) is 15.4. The van der Waals surface area contributed by atoms with E-state index in [4.69, 9.17) is 0 Å². The Kier molecular flexibility index (Phi) is 6.49. The van der Waals surface area contributed by atoms with E-state index in [9.17, 15) is 4.79 Å². The molecule has 0 fully saturated rings. The van der Waals surface area contributed by atoms with Crippen molar-refractivity contribution >= 4 is 27.5 Å². The van der Waals surface area contributed by atoms with Crippen LogP contribution in [0.2, 0.25) is 0 Å². The van der Waals surface area contributed by atoms with E-state index in [1.54, 1.807) is 19.0 Å². The van der Waals surface area contributed by atoms with Gasteiger partial charge in [-0.3, -0.25) is 4.79 Å². The predicted molar refractivity (Wildman–Crippen MR) is 88.1 cm³/mol. The monoisotopic (exact) mass is 341 g/mol. The van der Waals surface area contributed by atoms with Crippen LogP contribution in [0.4, 0.5) is 5.69 Å². The van der Waals surface area contributed by atoms with Crippen LogP contribution in [-0.4, -0.2) is 44.5 Å². The summed E-state index contributed by atoms with van der Waals surface area (Å²) in [5.74, 6) is 0.0928. The van der Waals surface area contributed by atoms with Gasteiger partial charge in [-0.15, -0.1) is 0 Å². The molecule has 0 heterocycles. The summed E-state index contributed by atoms with van der Waals surface area (Å²) in [6.07, 6.45) is 0. The van der Waals surface area contributed by atoms with Crippen molar-refractivity contribution in [3.63, 3.8) is 0 Å². The summed E-state index contributed by atoms with van der Waals surface area (Å²) in [5, 5.41) is 3.42. The van der Waals surface area contributed by atoms with Gasteiger partial charge in [0.2, 0.25) is 5.91 Å². The minimum absolute atomic E-state index is 0.0928. The highest BCUT2D eigenvalue weighted by atomic mass is 79.9. The van der Waals surface area contributed by atoms with Gasteiger partial charge in [0.1, 0.15) is 0 Å². The molecule has 0 radical (unpaired) electrons. The van der Waals surface area contributed by atoms with Crippen molar-refractivity contribution in [2.75, 3.05) is 32.6 Å². The number of hydrogen-bond donors (Lipinski definition) is 1. The number of carbonyl (C=O) groups excluding carboxylic acids is 1. The van der Waals surface area contributed by atoms with Gasteiger partial charge in [0.15, 0.2) is 0 Å². The maximum absolute atomic E-state index is 11.8. The SMILES string of the molecule is CC(C)NCc1ccc(Br)cc1N(C)CC(=O)N(C)C. The first-order valence-corrected chi connectivity index (χ1v) is 7.53. The number of anilines is 1. The average Bonchev–Trinajstić information content (AvgIpc) is 2.36. The molecule has 0 saturated carbocycles. The second-order valence-electron chi connectivity index (χ2n) is 5.45. The lowest BCUT2D eigenvalue weighted by molar-refractivity contribution is -0.127. The Bertz CT molecular complexity index is 460. The van der Waals surface area contributed by atoms with Crippen molar-refractivity contribution in [2.24, 2.45) is 0 Å². The molecule has 0 aromatic heterocycles. The normalized spacial score (nSPS) is 10.8. The standard InChI is InChI=1S/C15H24BrN3O/c1-11(2)17-9-12-6-7-13(16)8-14(12)19(5)10-15(20)18(3)4/h6-8,11,17H,9-10H2,1-5H3. The van der Waals surface area contributed by atoms with Crippen LogP contribution < -0.4 is 10.2 Å². The largest absolute Gasteiger partial charge is 0.365 e. The number of rotatable bonds is 6. The van der Waals surface area contributed by atoms with Crippen molar-refractivity contribution < 1.29 is 4.79 Å². The Morgan fingerprint density at radius 1 is 1.30 bits per heavy atom. The molecule has 0 unspecified atom stereocenters. The molecule has 112 valence electrons. The van der Waals surface area contributed by atoms with Gasteiger partial charge in [0.05, 0.1) is 6.54 Å². The molecule has 1 amide bonds. The van der Waals surface area contributed by atoms with Gasteiger partial charge in [-0.05, 0) is 17.7 Å². The molecule has 0 spiro atoms. The molecule has 0 aliphatic carbocycles. The summed E-state index contributed by atoms with van der Waals surface area (Å²) in [6.45, 7) is 5.41. The zero-order valence-corrected chi connectivity index (χ0v) is 14.5. The van der Waals surface area contributed by atoms with Gasteiger partial charge < -0.3 is 15.1 Å². The van der Waals surface area contributed by atoms with Gasteiger partial charge in [0, 0.05) is 43.9 Å². The topological polar surface area (TPSA) is 35.6 Å². The third-order valence-corrected chi connectivity index (χ3v) is 3.52. The van der Waals surface area contributed by atoms with E-state index in [-0.39, 0.29) is 5.91 Å². The minimum Gasteiger partial charge on any atom is -0.365 e. The fourth-order valence-corrected chi connectivity index (χ4v) is 2.13. The highest BCUT2D eigenvalue weighted by molar-refractivity contribution is 9.10. The molecule has 1 aromatic rings. The van der Waals surface area contributed by atoms with Crippen molar-refractivity contribution in [3.8, 4) is 0 Å². The van der Waals surface area contributed by atoms with E-state index in [0.29, 0.717) is 12.6 Å². The summed E-state index contributed by atoms with van der Waals surface area (Å²) < 4.78 is 1.02. The summed E-state index contributed by atoms with van der Waals surface area (Å²) in [7, 11) is 5.50. The van der Waals surface area contributed by atoms with Crippen molar-refractivity contribution in [1.29, 1.82) is 0 Å². The number of carbonyl (C=O) groups is 1. The van der Waals surface area contributed by atoms with E-state index in [2.05, 4.69) is 47.2 Å². The molecule has 0 bridgehead atoms. The van der Waals surface area contributed by atoms with E-state index < -0.39 is 0 Å². The number of likely N-dealkylation sites (N-methyl/N-ethyl adjacent to an activating group) is 2. The number of benzene rings is 1. The van der Waals surface area contributed by atoms with Crippen molar-refractivity contribution in [1.82, 2.24) is 10.2 Å². The lowest BCUT2D eigenvalue weighted by Gasteiger charge is -2.24. The van der Waals surface area contributed by atoms with Crippen molar-refractivity contribution in [2.45, 2.75) is 26.4 Å². The molecule has 1 N–H and O–H groups in total. The van der Waals surface area contributed by atoms with Crippen LogP contribution >= 0.6 is 15.9 Å². The second kappa shape index (κ2) is 7.64. The fourth-order valence-electron chi connectivity index (χ4n) is 1.79. The molecule has 20 heavy (non-hydrogen) atoms. The number of halogens is 1. The summed E-state index contributed by atoms with van der Waals surface area (Å²) in [6, 6.07) is 6.61. The molecule has 0 aliphatic rings. The Morgan fingerprint density at radius 2 is 1.95 bits per heavy atom. The van der Waals surface area contributed by atoms with E-state index in [0.717, 1.165) is 16.7 Å². The van der Waals surface area contributed by atoms with Crippen molar-refractivity contribution in [3.05, 3.63) is 28.2 Å². The maximum atomic E-state index is 11.8. The lowest BCUT2D eigenvalue weighted by atomic mass is 10.1. The number of amides is 1. The molecular formula is C15H24BrN3O. The molecule has 1 rings (SSSR count). The highest BCUT2D eigenvalue weighted by Crippen LogP contribution is 2.24. The molecule has 4 nitrogen and oxygen atoms in total. The molecule has 0 saturated heterocycles. The van der Waals surface area contributed by atoms with Crippen LogP contribution in [0.15, 0.2) is 22.7 Å². The first-order chi connectivity index (χ1) is 9.31. The number of nitrogens with zero attached hydrogens (tertiary/aromatic N) is 2. The maximum Gasteiger partial charge on any atom is 0.241 e. The Balaban J connectivity index is 2.90. The molecule has 1 aromatic carbocycles. The Labute approximate surface area is 130 Å². The Morgan fingerprint density at radius 3 is 2.50 bits per heavy atom. The van der Waals surface area contributed by atoms with Crippen LogP contribution in [0, 0.1) is 0 Å². The number of nitrogens with one attached hydrogen (secondary N) is 1. The first-order valence-electron chi connectivity index (χ1n) is 6.74. The summed E-state index contributed by atoms with van der Waals surface area (Å²) >= 11 is 3.50. The minimum atomic E-state index is 0.0928. The quantitative estimate of drug-likeness (QED) is 0.863. The zero-order chi connectivity index (χ0) is 15.3. The molecule has 0 atom stereocenters. The Hall–Kier alpha value is -1.07. The number of hydrogen-bond acceptors (Lipinski definition) is 3. The molecule has 0 aliphatic heterocycles. The van der Waals surface area contributed by atoms with Crippen LogP contribution in [0.1, 0.15) is 19.4 Å².